The molecule has 0 spiro atoms. The number of nitrogens with zero attached hydrogens (tertiary/aromatic N) is 2. The molecule has 6 nitrogen and oxygen atoms in total. The number of carbonyl (C=O) groups is 2. The molecule has 0 bridgehead atoms. The molecule has 2 aromatic carbocycles. The van der Waals surface area contributed by atoms with E-state index in [9.17, 15) is 9.59 Å². The Labute approximate surface area is 159 Å². The van der Waals surface area contributed by atoms with Crippen LogP contribution >= 0.6 is 0 Å². The van der Waals surface area contributed by atoms with Gasteiger partial charge in [-0.1, -0.05) is 42.5 Å². The van der Waals surface area contributed by atoms with E-state index in [-0.39, 0.29) is 18.2 Å². The zero-order valence-corrected chi connectivity index (χ0v) is 15.4. The molecule has 6 heteroatoms. The molecule has 2 amide bonds. The molecule has 0 radical (unpaired) electrons. The Kier molecular flexibility index (Phi) is 5.36. The van der Waals surface area contributed by atoms with Crippen LogP contribution in [0, 0.1) is 0 Å². The van der Waals surface area contributed by atoms with Crippen LogP contribution in [-0.4, -0.2) is 67.0 Å². The molecule has 2 aromatic rings. The molecule has 0 saturated carbocycles. The largest absolute Gasteiger partial charge is 0.378 e. The number of hydrogen-bond donors (Lipinski definition) is 1. The summed E-state index contributed by atoms with van der Waals surface area (Å²) in [7, 11) is 0. The molecule has 0 aromatic heterocycles. The first-order chi connectivity index (χ1) is 13.2. The second-order valence-electron chi connectivity index (χ2n) is 7.11. The van der Waals surface area contributed by atoms with E-state index < -0.39 is 6.04 Å². The van der Waals surface area contributed by atoms with Crippen molar-refractivity contribution in [1.29, 1.82) is 0 Å². The van der Waals surface area contributed by atoms with E-state index in [1.165, 1.54) is 16.3 Å². The van der Waals surface area contributed by atoms with Crippen molar-refractivity contribution in [3.8, 4) is 0 Å². The highest BCUT2D eigenvalue weighted by atomic mass is 16.5. The van der Waals surface area contributed by atoms with E-state index in [1.54, 1.807) is 0 Å². The van der Waals surface area contributed by atoms with Gasteiger partial charge < -0.3 is 15.0 Å². The van der Waals surface area contributed by atoms with Gasteiger partial charge in [0.1, 0.15) is 0 Å². The van der Waals surface area contributed by atoms with E-state index in [0.717, 1.165) is 6.54 Å². The van der Waals surface area contributed by atoms with Gasteiger partial charge in [0, 0.05) is 32.7 Å². The van der Waals surface area contributed by atoms with Crippen molar-refractivity contribution in [3.63, 3.8) is 0 Å². The number of nitrogens with one attached hydrogen (secondary N) is 1. The molecule has 2 aliphatic heterocycles. The Morgan fingerprint density at radius 3 is 2.70 bits per heavy atom. The van der Waals surface area contributed by atoms with Crippen LogP contribution in [-0.2, 0) is 20.9 Å². The van der Waals surface area contributed by atoms with Gasteiger partial charge in [-0.2, -0.15) is 0 Å². The number of hydrogen-bond acceptors (Lipinski definition) is 4. The molecule has 0 aliphatic carbocycles. The minimum absolute atomic E-state index is 0.0308. The fourth-order valence-corrected chi connectivity index (χ4v) is 3.93. The molecule has 1 atom stereocenters. The molecular formula is C21H25N3O3. The van der Waals surface area contributed by atoms with Gasteiger partial charge in [-0.15, -0.1) is 0 Å². The lowest BCUT2D eigenvalue weighted by Gasteiger charge is -2.36. The SMILES string of the molecule is O=C1NCCN(Cc2cccc3ccccc23)[C@@H]1CC(=O)N1CCOCC1. The Morgan fingerprint density at radius 1 is 1.07 bits per heavy atom. The van der Waals surface area contributed by atoms with Gasteiger partial charge in [-0.25, -0.2) is 0 Å². The molecule has 2 heterocycles. The van der Waals surface area contributed by atoms with E-state index >= 15 is 0 Å². The molecule has 2 saturated heterocycles. The molecule has 2 aliphatic rings. The van der Waals surface area contributed by atoms with Crippen LogP contribution in [0.25, 0.3) is 10.8 Å². The second-order valence-corrected chi connectivity index (χ2v) is 7.11. The highest BCUT2D eigenvalue weighted by Crippen LogP contribution is 2.22. The summed E-state index contributed by atoms with van der Waals surface area (Å²) < 4.78 is 5.32. The maximum atomic E-state index is 12.7. The maximum Gasteiger partial charge on any atom is 0.237 e. The maximum absolute atomic E-state index is 12.7. The van der Waals surface area contributed by atoms with Crippen LogP contribution in [0.4, 0.5) is 0 Å². The lowest BCUT2D eigenvalue weighted by atomic mass is 10.0. The van der Waals surface area contributed by atoms with Crippen LogP contribution < -0.4 is 5.32 Å². The monoisotopic (exact) mass is 367 g/mol. The van der Waals surface area contributed by atoms with E-state index in [1.807, 2.05) is 17.0 Å². The fourth-order valence-electron chi connectivity index (χ4n) is 3.93. The summed E-state index contributed by atoms with van der Waals surface area (Å²) in [6.45, 7) is 4.38. The lowest BCUT2D eigenvalue weighted by molar-refractivity contribution is -0.141. The van der Waals surface area contributed by atoms with Crippen molar-refractivity contribution < 1.29 is 14.3 Å². The Hall–Kier alpha value is -2.44. The van der Waals surface area contributed by atoms with Gasteiger partial charge in [0.15, 0.2) is 0 Å². The number of carbonyl (C=O) groups excluding carboxylic acids is 2. The third-order valence-corrected chi connectivity index (χ3v) is 5.43. The molecule has 27 heavy (non-hydrogen) atoms. The molecule has 4 rings (SSSR count). The number of benzene rings is 2. The first-order valence-electron chi connectivity index (χ1n) is 9.56. The average Bonchev–Trinajstić information content (AvgIpc) is 2.71. The van der Waals surface area contributed by atoms with E-state index in [4.69, 9.17) is 4.74 Å². The Bertz CT molecular complexity index is 827. The second kappa shape index (κ2) is 8.06. The summed E-state index contributed by atoms with van der Waals surface area (Å²) in [4.78, 5) is 29.2. The van der Waals surface area contributed by atoms with Crippen LogP contribution in [0.1, 0.15) is 12.0 Å². The first kappa shape index (κ1) is 17.9. The number of fused-ring (bicyclic) bond motifs is 1. The highest BCUT2D eigenvalue weighted by Gasteiger charge is 2.33. The summed E-state index contributed by atoms with van der Waals surface area (Å²) in [5.41, 5.74) is 1.19. The number of rotatable bonds is 4. The zero-order valence-electron chi connectivity index (χ0n) is 15.4. The summed E-state index contributed by atoms with van der Waals surface area (Å²) in [5, 5.41) is 5.31. The van der Waals surface area contributed by atoms with Crippen LogP contribution in [0.3, 0.4) is 0 Å². The lowest BCUT2D eigenvalue weighted by Crippen LogP contribution is -2.56. The van der Waals surface area contributed by atoms with Gasteiger partial charge in [-0.3, -0.25) is 14.5 Å². The first-order valence-corrected chi connectivity index (χ1v) is 9.56. The topological polar surface area (TPSA) is 61.9 Å². The predicted octanol–water partition coefficient (Wildman–Crippen LogP) is 1.39. The quantitative estimate of drug-likeness (QED) is 0.887. The van der Waals surface area contributed by atoms with Gasteiger partial charge in [0.25, 0.3) is 0 Å². The molecule has 0 unspecified atom stereocenters. The Balaban J connectivity index is 1.52. The third-order valence-electron chi connectivity index (χ3n) is 5.43. The third kappa shape index (κ3) is 3.96. The number of ether oxygens (including phenoxy) is 1. The standard InChI is InChI=1S/C21H25N3O3/c25-20(23-10-12-27-13-11-23)14-19-21(26)22-8-9-24(19)15-17-6-3-5-16-4-1-2-7-18(16)17/h1-7,19H,8-15H2,(H,22,26)/t19-/m1/s1. The molecule has 2 fully saturated rings. The van der Waals surface area contributed by atoms with Crippen molar-refractivity contribution in [2.24, 2.45) is 0 Å². The van der Waals surface area contributed by atoms with Gasteiger partial charge in [-0.05, 0) is 16.3 Å². The van der Waals surface area contributed by atoms with Gasteiger partial charge >= 0.3 is 0 Å². The summed E-state index contributed by atoms with van der Waals surface area (Å²) in [6, 6.07) is 14.1. The summed E-state index contributed by atoms with van der Waals surface area (Å²) in [5.74, 6) is -0.0219. The van der Waals surface area contributed by atoms with Crippen molar-refractivity contribution in [2.75, 3.05) is 39.4 Å². The van der Waals surface area contributed by atoms with Crippen LogP contribution in [0.5, 0.6) is 0 Å². The average molecular weight is 367 g/mol. The minimum atomic E-state index is -0.423. The minimum Gasteiger partial charge on any atom is -0.378 e. The van der Waals surface area contributed by atoms with Gasteiger partial charge in [0.05, 0.1) is 25.7 Å². The van der Waals surface area contributed by atoms with Crippen molar-refractivity contribution in [3.05, 3.63) is 48.0 Å². The highest BCUT2D eigenvalue weighted by molar-refractivity contribution is 5.89. The smallest absolute Gasteiger partial charge is 0.237 e. The number of amides is 2. The van der Waals surface area contributed by atoms with E-state index in [2.05, 4.69) is 40.5 Å². The summed E-state index contributed by atoms with van der Waals surface area (Å²) in [6.07, 6.45) is 0.219. The van der Waals surface area contributed by atoms with E-state index in [0.29, 0.717) is 39.4 Å². The van der Waals surface area contributed by atoms with Crippen molar-refractivity contribution in [2.45, 2.75) is 19.0 Å². The molecular weight excluding hydrogens is 342 g/mol. The molecule has 1 N–H and O–H groups in total. The van der Waals surface area contributed by atoms with Crippen molar-refractivity contribution in [1.82, 2.24) is 15.1 Å². The number of piperazine rings is 1. The molecule has 142 valence electrons. The van der Waals surface area contributed by atoms with Gasteiger partial charge in [0.2, 0.25) is 11.8 Å². The number of morpholine rings is 1. The van der Waals surface area contributed by atoms with Crippen molar-refractivity contribution >= 4 is 22.6 Å². The predicted molar refractivity (Wildman–Crippen MR) is 103 cm³/mol. The van der Waals surface area contributed by atoms with Crippen LogP contribution in [0.15, 0.2) is 42.5 Å². The van der Waals surface area contributed by atoms with Crippen LogP contribution in [0.2, 0.25) is 0 Å². The normalized spacial score (nSPS) is 21.3. The summed E-state index contributed by atoms with van der Waals surface area (Å²) >= 11 is 0. The zero-order chi connectivity index (χ0) is 18.6. The fraction of sp³-hybridized carbons (Fsp3) is 0.429. The Morgan fingerprint density at radius 2 is 1.85 bits per heavy atom.